The average Bonchev–Trinajstić information content (AvgIpc) is 2.46. The van der Waals surface area contributed by atoms with Crippen molar-refractivity contribution in [1.82, 2.24) is 0 Å². The van der Waals surface area contributed by atoms with E-state index in [4.69, 9.17) is 37.8 Å². The van der Waals surface area contributed by atoms with E-state index in [1.807, 2.05) is 0 Å². The van der Waals surface area contributed by atoms with Crippen molar-refractivity contribution in [2.45, 2.75) is 0 Å². The van der Waals surface area contributed by atoms with Gasteiger partial charge in [0.1, 0.15) is 16.0 Å². The largest absolute Gasteiger partial charge is 0.488 e. The average molecular weight is 271 g/mol. The zero-order chi connectivity index (χ0) is 11.4. The van der Waals surface area contributed by atoms with Crippen LogP contribution in [0.2, 0.25) is 9.36 Å². The van der Waals surface area contributed by atoms with E-state index in [1.165, 1.54) is 7.11 Å². The Morgan fingerprint density at radius 2 is 2.13 bits per heavy atom. The molecule has 0 aliphatic carbocycles. The van der Waals surface area contributed by atoms with Gasteiger partial charge < -0.3 is 14.6 Å². The van der Waals surface area contributed by atoms with Gasteiger partial charge in [-0.05, 0) is 0 Å². The minimum absolute atomic E-state index is 0.00102. The van der Waals surface area contributed by atoms with Gasteiger partial charge in [-0.25, -0.2) is 4.79 Å². The van der Waals surface area contributed by atoms with Gasteiger partial charge in [0.25, 0.3) is 0 Å². The van der Waals surface area contributed by atoms with Crippen LogP contribution >= 0.6 is 34.5 Å². The van der Waals surface area contributed by atoms with Crippen LogP contribution in [0.1, 0.15) is 9.67 Å². The number of aromatic carboxylic acids is 1. The molecule has 0 saturated carbocycles. The SMILES string of the molecule is COCCOc1c(C(=O)O)sc(Cl)c1Cl. The van der Waals surface area contributed by atoms with E-state index in [0.29, 0.717) is 6.61 Å². The molecule has 0 atom stereocenters. The number of hydrogen-bond donors (Lipinski definition) is 1. The van der Waals surface area contributed by atoms with Gasteiger partial charge in [0, 0.05) is 7.11 Å². The maximum absolute atomic E-state index is 10.8. The Kier molecular flexibility index (Phi) is 4.66. The summed E-state index contributed by atoms with van der Waals surface area (Å²) in [5.74, 6) is -1.00. The monoisotopic (exact) mass is 270 g/mol. The highest BCUT2D eigenvalue weighted by molar-refractivity contribution is 7.19. The summed E-state index contributed by atoms with van der Waals surface area (Å²) in [5.41, 5.74) is 0. The fourth-order valence-electron chi connectivity index (χ4n) is 0.866. The van der Waals surface area contributed by atoms with E-state index in [2.05, 4.69) is 0 Å². The molecule has 0 radical (unpaired) electrons. The molecule has 1 aromatic heterocycles. The fraction of sp³-hybridized carbons (Fsp3) is 0.375. The van der Waals surface area contributed by atoms with E-state index < -0.39 is 5.97 Å². The molecular formula is C8H8Cl2O4S. The van der Waals surface area contributed by atoms with Crippen molar-refractivity contribution in [2.75, 3.05) is 20.3 Å². The molecule has 84 valence electrons. The molecule has 0 aromatic carbocycles. The van der Waals surface area contributed by atoms with Crippen molar-refractivity contribution in [3.63, 3.8) is 0 Å². The zero-order valence-corrected chi connectivity index (χ0v) is 10.1. The van der Waals surface area contributed by atoms with Crippen LogP contribution < -0.4 is 4.74 Å². The third-order valence-electron chi connectivity index (χ3n) is 1.50. The Labute approximate surface area is 100 Å². The van der Waals surface area contributed by atoms with E-state index in [9.17, 15) is 4.79 Å². The first-order valence-corrected chi connectivity index (χ1v) is 5.48. The van der Waals surface area contributed by atoms with Crippen LogP contribution in [0.15, 0.2) is 0 Å². The van der Waals surface area contributed by atoms with Gasteiger partial charge in [0.2, 0.25) is 0 Å². The Hall–Kier alpha value is -0.490. The fourth-order valence-corrected chi connectivity index (χ4v) is 2.21. The van der Waals surface area contributed by atoms with Gasteiger partial charge >= 0.3 is 5.97 Å². The maximum atomic E-state index is 10.8. The third-order valence-corrected chi connectivity index (χ3v) is 3.44. The van der Waals surface area contributed by atoms with E-state index in [-0.39, 0.29) is 26.6 Å². The van der Waals surface area contributed by atoms with Crippen LogP contribution in [0.4, 0.5) is 0 Å². The van der Waals surface area contributed by atoms with Crippen molar-refractivity contribution >= 4 is 40.5 Å². The molecule has 0 unspecified atom stereocenters. The van der Waals surface area contributed by atoms with Crippen LogP contribution in [0, 0.1) is 0 Å². The predicted molar refractivity (Wildman–Crippen MR) is 58.7 cm³/mol. The molecular weight excluding hydrogens is 263 g/mol. The smallest absolute Gasteiger partial charge is 0.349 e. The molecule has 15 heavy (non-hydrogen) atoms. The number of carbonyl (C=O) groups is 1. The Morgan fingerprint density at radius 1 is 1.47 bits per heavy atom. The van der Waals surface area contributed by atoms with Gasteiger partial charge in [0.05, 0.1) is 6.61 Å². The first kappa shape index (κ1) is 12.6. The molecule has 4 nitrogen and oxygen atoms in total. The quantitative estimate of drug-likeness (QED) is 0.836. The molecule has 0 saturated heterocycles. The van der Waals surface area contributed by atoms with Crippen LogP contribution in [0.25, 0.3) is 0 Å². The lowest BCUT2D eigenvalue weighted by Gasteiger charge is -2.04. The van der Waals surface area contributed by atoms with Gasteiger partial charge in [-0.15, -0.1) is 11.3 Å². The number of methoxy groups -OCH3 is 1. The summed E-state index contributed by atoms with van der Waals surface area (Å²) >= 11 is 12.4. The van der Waals surface area contributed by atoms with Gasteiger partial charge in [-0.1, -0.05) is 23.2 Å². The van der Waals surface area contributed by atoms with Crippen LogP contribution in [-0.2, 0) is 4.74 Å². The molecule has 0 bridgehead atoms. The van der Waals surface area contributed by atoms with Gasteiger partial charge in [-0.3, -0.25) is 0 Å². The summed E-state index contributed by atoms with van der Waals surface area (Å²) in [7, 11) is 1.52. The van der Waals surface area contributed by atoms with Crippen LogP contribution in [0.5, 0.6) is 5.75 Å². The second kappa shape index (κ2) is 5.55. The van der Waals surface area contributed by atoms with Crippen molar-refractivity contribution < 1.29 is 19.4 Å². The molecule has 7 heteroatoms. The molecule has 1 N–H and O–H groups in total. The van der Waals surface area contributed by atoms with E-state index >= 15 is 0 Å². The number of rotatable bonds is 5. The molecule has 1 heterocycles. The molecule has 0 aliphatic heterocycles. The minimum Gasteiger partial charge on any atom is -0.488 e. The van der Waals surface area contributed by atoms with Crippen molar-refractivity contribution in [3.8, 4) is 5.75 Å². The number of carboxylic acids is 1. The number of thiophene rings is 1. The standard InChI is InChI=1S/C8H8Cl2O4S/c1-13-2-3-14-5-4(9)7(10)15-6(5)8(11)12/h2-3H2,1H3,(H,11,12). The number of carboxylic acid groups (broad SMARTS) is 1. The highest BCUT2D eigenvalue weighted by Gasteiger charge is 2.21. The summed E-state index contributed by atoms with van der Waals surface area (Å²) in [5, 5.41) is 8.98. The summed E-state index contributed by atoms with van der Waals surface area (Å²) in [4.78, 5) is 10.8. The number of ether oxygens (including phenoxy) is 2. The second-order valence-electron chi connectivity index (χ2n) is 2.49. The second-order valence-corrected chi connectivity index (χ2v) is 4.50. The minimum atomic E-state index is -1.11. The molecule has 0 fully saturated rings. The molecule has 1 rings (SSSR count). The normalized spacial score (nSPS) is 10.3. The molecule has 0 spiro atoms. The Bertz CT molecular complexity index is 364. The first-order chi connectivity index (χ1) is 7.07. The summed E-state index contributed by atoms with van der Waals surface area (Å²) in [6, 6.07) is 0. The third kappa shape index (κ3) is 2.98. The number of hydrogen-bond acceptors (Lipinski definition) is 4. The van der Waals surface area contributed by atoms with Crippen molar-refractivity contribution in [3.05, 3.63) is 14.2 Å². The van der Waals surface area contributed by atoms with Crippen molar-refractivity contribution in [2.24, 2.45) is 0 Å². The van der Waals surface area contributed by atoms with Crippen LogP contribution in [-0.4, -0.2) is 31.4 Å². The predicted octanol–water partition coefficient (Wildman–Crippen LogP) is 2.78. The number of halogens is 2. The van der Waals surface area contributed by atoms with E-state index in [0.717, 1.165) is 11.3 Å². The highest BCUT2D eigenvalue weighted by atomic mass is 35.5. The summed E-state index contributed by atoms with van der Waals surface area (Å²) in [6.07, 6.45) is 0. The molecule has 1 aromatic rings. The topological polar surface area (TPSA) is 55.8 Å². The summed E-state index contributed by atoms with van der Waals surface area (Å²) < 4.78 is 10.2. The first-order valence-electron chi connectivity index (χ1n) is 3.90. The van der Waals surface area contributed by atoms with Crippen LogP contribution in [0.3, 0.4) is 0 Å². The molecule has 0 aliphatic rings. The lowest BCUT2D eigenvalue weighted by molar-refractivity contribution is 0.0695. The zero-order valence-electron chi connectivity index (χ0n) is 7.75. The van der Waals surface area contributed by atoms with Crippen molar-refractivity contribution in [1.29, 1.82) is 0 Å². The van der Waals surface area contributed by atoms with Gasteiger partial charge in [-0.2, -0.15) is 0 Å². The maximum Gasteiger partial charge on any atom is 0.349 e. The lowest BCUT2D eigenvalue weighted by Crippen LogP contribution is -2.06. The van der Waals surface area contributed by atoms with E-state index in [1.54, 1.807) is 0 Å². The molecule has 0 amide bonds. The highest BCUT2D eigenvalue weighted by Crippen LogP contribution is 2.42. The Morgan fingerprint density at radius 3 is 2.67 bits per heavy atom. The Balaban J connectivity index is 2.88. The van der Waals surface area contributed by atoms with Gasteiger partial charge in [0.15, 0.2) is 10.6 Å². The lowest BCUT2D eigenvalue weighted by atomic mass is 10.4. The summed E-state index contributed by atoms with van der Waals surface area (Å²) in [6.45, 7) is 0.576.